The topological polar surface area (TPSA) is 73.0 Å². The second-order valence-corrected chi connectivity index (χ2v) is 5.85. The molecule has 120 valence electrons. The molecule has 3 aromatic rings. The van der Waals surface area contributed by atoms with Crippen LogP contribution >= 0.6 is 0 Å². The molecule has 0 radical (unpaired) electrons. The molecule has 1 N–H and O–H groups in total. The Labute approximate surface area is 134 Å². The number of hydrogen-bond donors (Lipinski definition) is 1. The fourth-order valence-corrected chi connectivity index (χ4v) is 2.70. The Hall–Kier alpha value is -2.63. The number of benzene rings is 1. The Morgan fingerprint density at radius 1 is 1.30 bits per heavy atom. The maximum Gasteiger partial charge on any atom is 0.251 e. The zero-order chi connectivity index (χ0) is 16.6. The lowest BCUT2D eigenvalue weighted by molar-refractivity contribution is 0.0947. The summed E-state index contributed by atoms with van der Waals surface area (Å²) in [7, 11) is 0. The van der Waals surface area contributed by atoms with E-state index in [1.54, 1.807) is 25.1 Å². The van der Waals surface area contributed by atoms with Gasteiger partial charge < -0.3 is 9.73 Å². The molecule has 1 aromatic carbocycles. The van der Waals surface area contributed by atoms with Crippen molar-refractivity contribution in [2.24, 2.45) is 0 Å². The van der Waals surface area contributed by atoms with Crippen LogP contribution in [0.15, 0.2) is 28.7 Å². The molecule has 6 heteroatoms. The molecule has 0 fully saturated rings. The summed E-state index contributed by atoms with van der Waals surface area (Å²) in [5.74, 6) is 0.463. The van der Waals surface area contributed by atoms with Gasteiger partial charge in [-0.25, -0.2) is 4.98 Å². The first-order valence-corrected chi connectivity index (χ1v) is 7.62. The number of nitrogens with zero attached hydrogens (tertiary/aromatic N) is 3. The van der Waals surface area contributed by atoms with Crippen molar-refractivity contribution in [3.8, 4) is 0 Å². The Balaban J connectivity index is 1.69. The Kier molecular flexibility index (Phi) is 3.90. The van der Waals surface area contributed by atoms with Gasteiger partial charge in [-0.05, 0) is 45.0 Å². The summed E-state index contributed by atoms with van der Waals surface area (Å²) < 4.78 is 7.40. The third kappa shape index (κ3) is 3.11. The SMILES string of the molecule is Cc1cc(C)n([C@H](C)CNC(=O)c2ccc3nc(C)oc3c2)n1. The average Bonchev–Trinajstić information content (AvgIpc) is 3.04. The molecule has 2 aromatic heterocycles. The van der Waals surface area contributed by atoms with Crippen LogP contribution in [0.4, 0.5) is 0 Å². The highest BCUT2D eigenvalue weighted by atomic mass is 16.3. The van der Waals surface area contributed by atoms with Crippen LogP contribution in [0.1, 0.15) is 40.6 Å². The van der Waals surface area contributed by atoms with Crippen LogP contribution in [0.25, 0.3) is 11.1 Å². The highest BCUT2D eigenvalue weighted by Gasteiger charge is 2.13. The van der Waals surface area contributed by atoms with Crippen molar-refractivity contribution in [2.45, 2.75) is 33.7 Å². The average molecular weight is 312 g/mol. The smallest absolute Gasteiger partial charge is 0.251 e. The molecule has 3 rings (SSSR count). The zero-order valence-corrected chi connectivity index (χ0v) is 13.8. The summed E-state index contributed by atoms with van der Waals surface area (Å²) >= 11 is 0. The predicted octanol–water partition coefficient (Wildman–Crippen LogP) is 2.94. The second kappa shape index (κ2) is 5.87. The molecule has 0 unspecified atom stereocenters. The molecule has 0 bridgehead atoms. The van der Waals surface area contributed by atoms with E-state index in [1.165, 1.54) is 0 Å². The van der Waals surface area contributed by atoms with E-state index in [0.717, 1.165) is 16.9 Å². The van der Waals surface area contributed by atoms with Crippen molar-refractivity contribution in [3.63, 3.8) is 0 Å². The first kappa shape index (κ1) is 15.3. The minimum Gasteiger partial charge on any atom is -0.441 e. The number of fused-ring (bicyclic) bond motifs is 1. The van der Waals surface area contributed by atoms with Gasteiger partial charge in [-0.2, -0.15) is 5.10 Å². The van der Waals surface area contributed by atoms with E-state index in [-0.39, 0.29) is 11.9 Å². The minimum atomic E-state index is -0.130. The standard InChI is InChI=1S/C17H20N4O2/c1-10-7-11(2)21(20-10)12(3)9-18-17(22)14-5-6-15-16(8-14)23-13(4)19-15/h5-8,12H,9H2,1-4H3,(H,18,22)/t12-/m1/s1. The fourth-order valence-electron chi connectivity index (χ4n) is 2.70. The monoisotopic (exact) mass is 312 g/mol. The van der Waals surface area contributed by atoms with Gasteiger partial charge in [0.2, 0.25) is 0 Å². The molecule has 1 atom stereocenters. The van der Waals surface area contributed by atoms with Crippen molar-refractivity contribution in [1.29, 1.82) is 0 Å². The van der Waals surface area contributed by atoms with E-state index in [0.29, 0.717) is 23.6 Å². The van der Waals surface area contributed by atoms with E-state index in [1.807, 2.05) is 31.5 Å². The number of aryl methyl sites for hydroxylation is 3. The van der Waals surface area contributed by atoms with Gasteiger partial charge in [0.1, 0.15) is 5.52 Å². The van der Waals surface area contributed by atoms with Gasteiger partial charge in [0.25, 0.3) is 5.91 Å². The highest BCUT2D eigenvalue weighted by molar-refractivity contribution is 5.97. The molecule has 1 amide bonds. The maximum atomic E-state index is 12.3. The first-order chi connectivity index (χ1) is 10.9. The molecule has 0 saturated carbocycles. The van der Waals surface area contributed by atoms with E-state index in [9.17, 15) is 4.79 Å². The van der Waals surface area contributed by atoms with Crippen LogP contribution in [-0.2, 0) is 0 Å². The highest BCUT2D eigenvalue weighted by Crippen LogP contribution is 2.17. The summed E-state index contributed by atoms with van der Waals surface area (Å²) in [5.41, 5.74) is 4.01. The summed E-state index contributed by atoms with van der Waals surface area (Å²) in [6.07, 6.45) is 0. The normalized spacial score (nSPS) is 12.5. The molecule has 0 aliphatic rings. The number of aromatic nitrogens is 3. The van der Waals surface area contributed by atoms with Crippen molar-refractivity contribution in [2.75, 3.05) is 6.54 Å². The first-order valence-electron chi connectivity index (χ1n) is 7.62. The van der Waals surface area contributed by atoms with Gasteiger partial charge >= 0.3 is 0 Å². The Morgan fingerprint density at radius 2 is 2.09 bits per heavy atom. The van der Waals surface area contributed by atoms with Crippen LogP contribution in [0.3, 0.4) is 0 Å². The largest absolute Gasteiger partial charge is 0.441 e. The minimum absolute atomic E-state index is 0.0869. The summed E-state index contributed by atoms with van der Waals surface area (Å²) in [6.45, 7) is 8.30. The molecule has 23 heavy (non-hydrogen) atoms. The lowest BCUT2D eigenvalue weighted by Crippen LogP contribution is -2.30. The molecule has 0 aliphatic heterocycles. The van der Waals surface area contributed by atoms with Crippen molar-refractivity contribution >= 4 is 17.0 Å². The van der Waals surface area contributed by atoms with Crippen LogP contribution < -0.4 is 5.32 Å². The van der Waals surface area contributed by atoms with E-state index < -0.39 is 0 Å². The van der Waals surface area contributed by atoms with Crippen LogP contribution in [-0.4, -0.2) is 27.2 Å². The molecule has 2 heterocycles. The molecule has 0 aliphatic carbocycles. The number of nitrogens with one attached hydrogen (secondary N) is 1. The maximum absolute atomic E-state index is 12.3. The van der Waals surface area contributed by atoms with Gasteiger partial charge in [-0.15, -0.1) is 0 Å². The van der Waals surface area contributed by atoms with Crippen molar-refractivity contribution in [1.82, 2.24) is 20.1 Å². The van der Waals surface area contributed by atoms with E-state index in [2.05, 4.69) is 15.4 Å². The lowest BCUT2D eigenvalue weighted by Gasteiger charge is -2.15. The molecule has 0 saturated heterocycles. The van der Waals surface area contributed by atoms with Gasteiger partial charge in [0.05, 0.1) is 11.7 Å². The van der Waals surface area contributed by atoms with Gasteiger partial charge in [-0.3, -0.25) is 9.48 Å². The van der Waals surface area contributed by atoms with Gasteiger partial charge in [0, 0.05) is 24.7 Å². The van der Waals surface area contributed by atoms with Crippen LogP contribution in [0, 0.1) is 20.8 Å². The Morgan fingerprint density at radius 3 is 2.78 bits per heavy atom. The molecular weight excluding hydrogens is 292 g/mol. The summed E-state index contributed by atoms with van der Waals surface area (Å²) in [4.78, 5) is 16.5. The number of oxazole rings is 1. The molecule has 0 spiro atoms. The van der Waals surface area contributed by atoms with Crippen molar-refractivity contribution < 1.29 is 9.21 Å². The van der Waals surface area contributed by atoms with Crippen LogP contribution in [0.2, 0.25) is 0 Å². The number of carbonyl (C=O) groups excluding carboxylic acids is 1. The number of amides is 1. The van der Waals surface area contributed by atoms with E-state index >= 15 is 0 Å². The number of hydrogen-bond acceptors (Lipinski definition) is 4. The van der Waals surface area contributed by atoms with E-state index in [4.69, 9.17) is 4.42 Å². The quantitative estimate of drug-likeness (QED) is 0.804. The van der Waals surface area contributed by atoms with Gasteiger partial charge in [0.15, 0.2) is 11.5 Å². The third-order valence-corrected chi connectivity index (χ3v) is 3.78. The second-order valence-electron chi connectivity index (χ2n) is 5.85. The third-order valence-electron chi connectivity index (χ3n) is 3.78. The predicted molar refractivity (Wildman–Crippen MR) is 87.5 cm³/mol. The number of rotatable bonds is 4. The Bertz CT molecular complexity index is 863. The summed E-state index contributed by atoms with van der Waals surface area (Å²) in [5, 5.41) is 7.39. The molecule has 6 nitrogen and oxygen atoms in total. The van der Waals surface area contributed by atoms with Crippen LogP contribution in [0.5, 0.6) is 0 Å². The van der Waals surface area contributed by atoms with Gasteiger partial charge in [-0.1, -0.05) is 0 Å². The fraction of sp³-hybridized carbons (Fsp3) is 0.353. The lowest BCUT2D eigenvalue weighted by atomic mass is 10.2. The summed E-state index contributed by atoms with van der Waals surface area (Å²) in [6, 6.07) is 7.39. The zero-order valence-electron chi connectivity index (χ0n) is 13.8. The number of carbonyl (C=O) groups is 1. The molecular formula is C17H20N4O2. The van der Waals surface area contributed by atoms with Crippen molar-refractivity contribution in [3.05, 3.63) is 47.1 Å².